The van der Waals surface area contributed by atoms with Crippen molar-refractivity contribution in [1.29, 1.82) is 0 Å². The minimum atomic E-state index is 0.493. The van der Waals surface area contributed by atoms with Gasteiger partial charge in [-0.3, -0.25) is 0 Å². The highest BCUT2D eigenvalue weighted by molar-refractivity contribution is 8.01. The van der Waals surface area contributed by atoms with Crippen LogP contribution >= 0.6 is 23.1 Å². The number of fused-ring (bicyclic) bond motifs is 1. The summed E-state index contributed by atoms with van der Waals surface area (Å²) in [6, 6.07) is 2.89. The van der Waals surface area contributed by atoms with E-state index < -0.39 is 0 Å². The number of hydrogen-bond acceptors (Lipinski definition) is 3. The Balaban J connectivity index is 1.66. The standard InChI is InChI=1S/C16H25NS2/c1-10-8-12(11-6-7-18-14(11)19-10)17-9-13-15(2,3)16(13,4)5/h6-7,10,12-13,17H,8-9H2,1-5H3/t10-,12?/m0/s1. The first kappa shape index (κ1) is 14.0. The third-order valence-electron chi connectivity index (χ3n) is 5.80. The molecule has 1 fully saturated rings. The van der Waals surface area contributed by atoms with Crippen molar-refractivity contribution < 1.29 is 0 Å². The van der Waals surface area contributed by atoms with E-state index in [0.29, 0.717) is 16.9 Å². The average molecular weight is 296 g/mol. The Morgan fingerprint density at radius 3 is 2.58 bits per heavy atom. The zero-order valence-electron chi connectivity index (χ0n) is 12.6. The lowest BCUT2D eigenvalue weighted by atomic mass is 10.0. The number of thioether (sulfide) groups is 1. The van der Waals surface area contributed by atoms with E-state index >= 15 is 0 Å². The molecule has 0 saturated heterocycles. The quantitative estimate of drug-likeness (QED) is 0.847. The van der Waals surface area contributed by atoms with Gasteiger partial charge in [0.1, 0.15) is 0 Å². The van der Waals surface area contributed by atoms with Crippen molar-refractivity contribution in [1.82, 2.24) is 5.32 Å². The topological polar surface area (TPSA) is 12.0 Å². The summed E-state index contributed by atoms with van der Waals surface area (Å²) in [5, 5.41) is 6.85. The smallest absolute Gasteiger partial charge is 0.0649 e. The van der Waals surface area contributed by atoms with E-state index in [-0.39, 0.29) is 0 Å². The Morgan fingerprint density at radius 2 is 1.95 bits per heavy atom. The van der Waals surface area contributed by atoms with E-state index in [2.05, 4.69) is 63.1 Å². The summed E-state index contributed by atoms with van der Waals surface area (Å²) in [4.78, 5) is 0. The molecule has 0 spiro atoms. The SMILES string of the molecule is C[C@H]1CC(NCC2C(C)(C)C2(C)C)c2ccsc2S1. The largest absolute Gasteiger partial charge is 0.310 e. The van der Waals surface area contributed by atoms with Crippen LogP contribution in [0.25, 0.3) is 0 Å². The summed E-state index contributed by atoms with van der Waals surface area (Å²) in [6.07, 6.45) is 1.27. The molecule has 0 amide bonds. The van der Waals surface area contributed by atoms with E-state index in [1.165, 1.54) is 10.6 Å². The fourth-order valence-corrected chi connectivity index (χ4v) is 6.21. The van der Waals surface area contributed by atoms with Crippen LogP contribution in [0.5, 0.6) is 0 Å². The Labute approximate surface area is 125 Å². The molecule has 1 aromatic rings. The van der Waals surface area contributed by atoms with Gasteiger partial charge in [-0.15, -0.1) is 23.1 Å². The summed E-state index contributed by atoms with van der Waals surface area (Å²) < 4.78 is 1.53. The van der Waals surface area contributed by atoms with Crippen molar-refractivity contribution in [3.05, 3.63) is 17.0 Å². The van der Waals surface area contributed by atoms with Crippen LogP contribution < -0.4 is 5.32 Å². The first-order chi connectivity index (χ1) is 8.84. The predicted molar refractivity (Wildman–Crippen MR) is 86.1 cm³/mol. The second-order valence-electron chi connectivity index (χ2n) is 7.28. The van der Waals surface area contributed by atoms with Crippen molar-refractivity contribution in [2.24, 2.45) is 16.7 Å². The Hall–Kier alpha value is 0.01000. The molecule has 1 unspecified atom stereocenters. The lowest BCUT2D eigenvalue weighted by Gasteiger charge is -2.28. The van der Waals surface area contributed by atoms with Crippen LogP contribution in [0, 0.1) is 16.7 Å². The first-order valence-corrected chi connectivity index (χ1v) is 9.07. The molecule has 0 aromatic carbocycles. The molecule has 1 aromatic heterocycles. The van der Waals surface area contributed by atoms with Gasteiger partial charge < -0.3 is 5.32 Å². The highest BCUT2D eigenvalue weighted by Gasteiger charge is 2.63. The van der Waals surface area contributed by atoms with Gasteiger partial charge in [-0.1, -0.05) is 34.6 Å². The van der Waals surface area contributed by atoms with Crippen LogP contribution in [-0.2, 0) is 0 Å². The maximum absolute atomic E-state index is 3.86. The number of nitrogens with one attached hydrogen (secondary N) is 1. The van der Waals surface area contributed by atoms with Crippen LogP contribution in [0.1, 0.15) is 52.6 Å². The normalized spacial score (nSPS) is 32.1. The molecule has 0 radical (unpaired) electrons. The second-order valence-corrected chi connectivity index (χ2v) is 9.91. The zero-order chi connectivity index (χ0) is 13.8. The molecule has 1 aliphatic carbocycles. The fraction of sp³-hybridized carbons (Fsp3) is 0.750. The first-order valence-electron chi connectivity index (χ1n) is 7.31. The lowest BCUT2D eigenvalue weighted by Crippen LogP contribution is -2.29. The molecule has 2 aliphatic rings. The molecule has 1 nitrogen and oxygen atoms in total. The van der Waals surface area contributed by atoms with Crippen molar-refractivity contribution in [2.45, 2.75) is 56.5 Å². The third kappa shape index (κ3) is 2.18. The fourth-order valence-electron chi connectivity index (χ4n) is 3.65. The molecular formula is C16H25NS2. The van der Waals surface area contributed by atoms with Gasteiger partial charge in [-0.2, -0.15) is 0 Å². The zero-order valence-corrected chi connectivity index (χ0v) is 14.3. The van der Waals surface area contributed by atoms with Gasteiger partial charge in [0.2, 0.25) is 0 Å². The Morgan fingerprint density at radius 1 is 1.26 bits per heavy atom. The average Bonchev–Trinajstić information content (AvgIpc) is 2.70. The van der Waals surface area contributed by atoms with Crippen molar-refractivity contribution >= 4 is 23.1 Å². The van der Waals surface area contributed by atoms with E-state index in [0.717, 1.165) is 17.7 Å². The van der Waals surface area contributed by atoms with Gasteiger partial charge in [0.15, 0.2) is 0 Å². The van der Waals surface area contributed by atoms with E-state index in [1.807, 2.05) is 11.3 Å². The van der Waals surface area contributed by atoms with Crippen molar-refractivity contribution in [3.8, 4) is 0 Å². The van der Waals surface area contributed by atoms with E-state index in [9.17, 15) is 0 Å². The van der Waals surface area contributed by atoms with Crippen LogP contribution in [0.15, 0.2) is 15.7 Å². The number of thiophene rings is 1. The van der Waals surface area contributed by atoms with E-state index in [1.54, 1.807) is 5.56 Å². The maximum Gasteiger partial charge on any atom is 0.0649 e. The highest BCUT2D eigenvalue weighted by atomic mass is 32.2. The van der Waals surface area contributed by atoms with E-state index in [4.69, 9.17) is 0 Å². The van der Waals surface area contributed by atoms with Crippen molar-refractivity contribution in [3.63, 3.8) is 0 Å². The predicted octanol–water partition coefficient (Wildman–Crippen LogP) is 4.95. The van der Waals surface area contributed by atoms with Gasteiger partial charge in [0.25, 0.3) is 0 Å². The molecule has 1 saturated carbocycles. The monoisotopic (exact) mass is 295 g/mol. The third-order valence-corrected chi connectivity index (χ3v) is 8.14. The van der Waals surface area contributed by atoms with Crippen LogP contribution in [0.2, 0.25) is 0 Å². The molecule has 19 heavy (non-hydrogen) atoms. The summed E-state index contributed by atoms with van der Waals surface area (Å²) in [5.41, 5.74) is 2.53. The van der Waals surface area contributed by atoms with Gasteiger partial charge in [-0.05, 0) is 46.7 Å². The Kier molecular flexibility index (Phi) is 3.31. The molecule has 2 heterocycles. The molecular weight excluding hydrogens is 270 g/mol. The Bertz CT molecular complexity index is 461. The highest BCUT2D eigenvalue weighted by Crippen LogP contribution is 2.68. The molecule has 2 atom stereocenters. The van der Waals surface area contributed by atoms with Crippen LogP contribution in [0.4, 0.5) is 0 Å². The van der Waals surface area contributed by atoms with Crippen molar-refractivity contribution in [2.75, 3.05) is 6.54 Å². The number of hydrogen-bond donors (Lipinski definition) is 1. The molecule has 0 bridgehead atoms. The van der Waals surface area contributed by atoms with Gasteiger partial charge in [0, 0.05) is 11.3 Å². The minimum Gasteiger partial charge on any atom is -0.310 e. The van der Waals surface area contributed by atoms with Crippen LogP contribution in [-0.4, -0.2) is 11.8 Å². The summed E-state index contributed by atoms with van der Waals surface area (Å²) in [7, 11) is 0. The molecule has 106 valence electrons. The van der Waals surface area contributed by atoms with Gasteiger partial charge >= 0.3 is 0 Å². The van der Waals surface area contributed by atoms with Gasteiger partial charge in [-0.25, -0.2) is 0 Å². The minimum absolute atomic E-state index is 0.493. The van der Waals surface area contributed by atoms with Gasteiger partial charge in [0.05, 0.1) is 4.21 Å². The molecule has 1 aliphatic heterocycles. The maximum atomic E-state index is 3.86. The second kappa shape index (κ2) is 4.51. The molecule has 3 heteroatoms. The number of rotatable bonds is 3. The molecule has 3 rings (SSSR count). The summed E-state index contributed by atoms with van der Waals surface area (Å²) in [5.74, 6) is 0.812. The molecule has 1 N–H and O–H groups in total. The van der Waals surface area contributed by atoms with Crippen LogP contribution in [0.3, 0.4) is 0 Å². The summed E-state index contributed by atoms with van der Waals surface area (Å²) >= 11 is 3.96. The lowest BCUT2D eigenvalue weighted by molar-refractivity contribution is 0.443. The summed E-state index contributed by atoms with van der Waals surface area (Å²) in [6.45, 7) is 13.2.